The third-order valence-corrected chi connectivity index (χ3v) is 7.31. The molecule has 0 unspecified atom stereocenters. The van der Waals surface area contributed by atoms with E-state index in [4.69, 9.17) is 11.6 Å². The van der Waals surface area contributed by atoms with E-state index in [1.165, 1.54) is 42.6 Å². The number of benzene rings is 2. The van der Waals surface area contributed by atoms with Crippen molar-refractivity contribution in [2.45, 2.75) is 24.6 Å². The second-order valence-corrected chi connectivity index (χ2v) is 9.91. The van der Waals surface area contributed by atoms with Crippen LogP contribution in [-0.4, -0.2) is 48.3 Å². The van der Waals surface area contributed by atoms with Gasteiger partial charge in [0.05, 0.1) is 0 Å². The zero-order valence-corrected chi connectivity index (χ0v) is 21.0. The number of hydrogen-bond acceptors (Lipinski definition) is 4. The van der Waals surface area contributed by atoms with Gasteiger partial charge < -0.3 is 9.64 Å². The van der Waals surface area contributed by atoms with Crippen LogP contribution in [0.4, 0.5) is 23.2 Å². The number of piperidine rings is 1. The molecule has 0 bridgehead atoms. The Labute approximate surface area is 222 Å². The minimum absolute atomic E-state index is 0.181. The zero-order valence-electron chi connectivity index (χ0n) is 20.2. The van der Waals surface area contributed by atoms with E-state index in [0.717, 1.165) is 5.56 Å². The minimum Gasteiger partial charge on any atom is -0.406 e. The predicted molar refractivity (Wildman–Crippen MR) is 137 cm³/mol. The molecule has 2 aromatic carbocycles. The van der Waals surface area contributed by atoms with Gasteiger partial charge in [-0.15, -0.1) is 13.2 Å². The largest absolute Gasteiger partial charge is 0.573 e. The lowest BCUT2D eigenvalue weighted by Crippen LogP contribution is -2.46. The molecule has 0 aliphatic carbocycles. The summed E-state index contributed by atoms with van der Waals surface area (Å²) in [5.41, 5.74) is 1.99. The Hall–Kier alpha value is -3.43. The number of carbonyl (C=O) groups is 1. The number of pyridine rings is 1. The number of alkyl halides is 3. The number of anilines is 1. The molecule has 3 heterocycles. The number of ether oxygens (including phenoxy) is 1. The van der Waals surface area contributed by atoms with Crippen LogP contribution in [-0.2, 0) is 5.41 Å². The monoisotopic (exact) mass is 545 g/mol. The van der Waals surface area contributed by atoms with Gasteiger partial charge >= 0.3 is 6.36 Å². The van der Waals surface area contributed by atoms with E-state index >= 15 is 0 Å². The van der Waals surface area contributed by atoms with Crippen LogP contribution in [0.2, 0.25) is 5.15 Å². The van der Waals surface area contributed by atoms with Gasteiger partial charge in [0.15, 0.2) is 0 Å². The van der Waals surface area contributed by atoms with Crippen molar-refractivity contribution < 1.29 is 27.1 Å². The van der Waals surface area contributed by atoms with Gasteiger partial charge in [0.1, 0.15) is 16.7 Å². The van der Waals surface area contributed by atoms with Gasteiger partial charge in [-0.05, 0) is 79.5 Å². The molecule has 5 nitrogen and oxygen atoms in total. The SMILES string of the molecule is O=C(c1ccnc(Cl)c1)N1CC2(CCN(C/C=C/c3ccc(F)cc3)CC2)c2cc(OC(F)(F)F)ccc21. The molecule has 1 saturated heterocycles. The summed E-state index contributed by atoms with van der Waals surface area (Å²) in [7, 11) is 0. The maximum atomic E-state index is 13.4. The third kappa shape index (κ3) is 5.68. The first-order valence-electron chi connectivity index (χ1n) is 12.1. The third-order valence-electron chi connectivity index (χ3n) is 7.10. The highest BCUT2D eigenvalue weighted by atomic mass is 35.5. The Balaban J connectivity index is 1.36. The fourth-order valence-corrected chi connectivity index (χ4v) is 5.39. The van der Waals surface area contributed by atoms with Crippen molar-refractivity contribution in [2.24, 2.45) is 0 Å². The molecule has 2 aliphatic heterocycles. The second-order valence-electron chi connectivity index (χ2n) is 9.52. The first-order chi connectivity index (χ1) is 18.1. The number of aromatic nitrogens is 1. The summed E-state index contributed by atoms with van der Waals surface area (Å²) in [6.07, 6.45) is 1.87. The summed E-state index contributed by atoms with van der Waals surface area (Å²) in [4.78, 5) is 21.2. The molecule has 1 aromatic heterocycles. The maximum Gasteiger partial charge on any atom is 0.573 e. The number of halogens is 5. The van der Waals surface area contributed by atoms with Crippen molar-refractivity contribution in [3.8, 4) is 5.75 Å². The van der Waals surface area contributed by atoms with E-state index in [2.05, 4.69) is 14.6 Å². The van der Waals surface area contributed by atoms with Crippen molar-refractivity contribution in [2.75, 3.05) is 31.1 Å². The van der Waals surface area contributed by atoms with Gasteiger partial charge in [-0.3, -0.25) is 9.69 Å². The first kappa shape index (κ1) is 26.2. The number of likely N-dealkylation sites (tertiary alicyclic amines) is 1. The van der Waals surface area contributed by atoms with Gasteiger partial charge in [0.25, 0.3) is 5.91 Å². The number of fused-ring (bicyclic) bond motifs is 2. The van der Waals surface area contributed by atoms with E-state index in [1.54, 1.807) is 23.1 Å². The average molecular weight is 546 g/mol. The van der Waals surface area contributed by atoms with Gasteiger partial charge in [0.2, 0.25) is 0 Å². The van der Waals surface area contributed by atoms with Crippen molar-refractivity contribution in [1.82, 2.24) is 9.88 Å². The van der Waals surface area contributed by atoms with Gasteiger partial charge in [-0.2, -0.15) is 0 Å². The lowest BCUT2D eigenvalue weighted by atomic mass is 9.74. The summed E-state index contributed by atoms with van der Waals surface area (Å²) in [5, 5.41) is 0.181. The molecule has 1 fully saturated rings. The van der Waals surface area contributed by atoms with E-state index < -0.39 is 11.8 Å². The number of hydrogen-bond donors (Lipinski definition) is 0. The average Bonchev–Trinajstić information content (AvgIpc) is 3.18. The van der Waals surface area contributed by atoms with Crippen LogP contribution in [0.3, 0.4) is 0 Å². The van der Waals surface area contributed by atoms with Crippen molar-refractivity contribution in [3.05, 3.63) is 94.5 Å². The first-order valence-corrected chi connectivity index (χ1v) is 12.5. The van der Waals surface area contributed by atoms with Crippen molar-refractivity contribution in [3.63, 3.8) is 0 Å². The quantitative estimate of drug-likeness (QED) is 0.272. The van der Waals surface area contributed by atoms with Crippen LogP contribution in [0.15, 0.2) is 66.9 Å². The van der Waals surface area contributed by atoms with Crippen molar-refractivity contribution in [1.29, 1.82) is 0 Å². The molecule has 1 amide bonds. The molecule has 0 radical (unpaired) electrons. The number of rotatable bonds is 5. The lowest BCUT2D eigenvalue weighted by Gasteiger charge is -2.39. The summed E-state index contributed by atoms with van der Waals surface area (Å²) in [6.45, 7) is 2.41. The number of carbonyl (C=O) groups excluding carboxylic acids is 1. The maximum absolute atomic E-state index is 13.4. The van der Waals surface area contributed by atoms with Gasteiger partial charge in [0, 0.05) is 36.0 Å². The fraction of sp³-hybridized carbons (Fsp3) is 0.286. The highest BCUT2D eigenvalue weighted by Crippen LogP contribution is 2.49. The molecule has 0 saturated carbocycles. The fourth-order valence-electron chi connectivity index (χ4n) is 5.22. The molecule has 1 spiro atoms. The molecular formula is C28H24ClF4N3O2. The molecule has 3 aromatic rings. The van der Waals surface area contributed by atoms with Gasteiger partial charge in [-0.1, -0.05) is 35.9 Å². The Morgan fingerprint density at radius 2 is 1.82 bits per heavy atom. The molecule has 10 heteroatoms. The van der Waals surface area contributed by atoms with Crippen LogP contribution in [0.25, 0.3) is 6.08 Å². The van der Waals surface area contributed by atoms with E-state index in [9.17, 15) is 22.4 Å². The molecule has 0 N–H and O–H groups in total. The minimum atomic E-state index is -4.82. The van der Waals surface area contributed by atoms with Crippen molar-refractivity contribution >= 4 is 29.3 Å². The predicted octanol–water partition coefficient (Wildman–Crippen LogP) is 6.48. The summed E-state index contributed by atoms with van der Waals surface area (Å²) in [6, 6.07) is 13.4. The number of nitrogens with zero attached hydrogens (tertiary/aromatic N) is 3. The molecule has 0 atom stereocenters. The summed E-state index contributed by atoms with van der Waals surface area (Å²) >= 11 is 5.99. The molecular weight excluding hydrogens is 522 g/mol. The Kier molecular flexibility index (Phi) is 7.15. The Morgan fingerprint density at radius 3 is 2.50 bits per heavy atom. The van der Waals surface area contributed by atoms with Crippen LogP contribution in [0, 0.1) is 5.82 Å². The zero-order chi connectivity index (χ0) is 26.9. The molecule has 5 rings (SSSR count). The Morgan fingerprint density at radius 1 is 1.08 bits per heavy atom. The highest BCUT2D eigenvalue weighted by Gasteiger charge is 2.47. The van der Waals surface area contributed by atoms with Crippen LogP contribution >= 0.6 is 11.6 Å². The van der Waals surface area contributed by atoms with Gasteiger partial charge in [-0.25, -0.2) is 9.37 Å². The molecule has 198 valence electrons. The Bertz CT molecular complexity index is 1350. The normalized spacial score (nSPS) is 17.2. The highest BCUT2D eigenvalue weighted by molar-refractivity contribution is 6.29. The van der Waals surface area contributed by atoms with Crippen LogP contribution in [0.1, 0.15) is 34.3 Å². The standard InChI is InChI=1S/C28H24ClF4N3O2/c29-25-16-20(9-12-34-25)26(37)36-18-27(23-17-22(7-8-24(23)36)38-28(31,32)33)10-14-35(15-11-27)13-1-2-19-3-5-21(30)6-4-19/h1-9,12,16-17H,10-11,13-15,18H2/b2-1+. The smallest absolute Gasteiger partial charge is 0.406 e. The second kappa shape index (κ2) is 10.4. The van der Waals surface area contributed by atoms with E-state index in [-0.39, 0.29) is 22.6 Å². The van der Waals surface area contributed by atoms with E-state index in [1.807, 2.05) is 12.2 Å². The van der Waals surface area contributed by atoms with E-state index in [0.29, 0.717) is 55.8 Å². The van der Waals surface area contributed by atoms with Crippen LogP contribution in [0.5, 0.6) is 5.75 Å². The summed E-state index contributed by atoms with van der Waals surface area (Å²) in [5.74, 6) is -0.883. The number of amides is 1. The van der Waals surface area contributed by atoms with Crippen LogP contribution < -0.4 is 9.64 Å². The topological polar surface area (TPSA) is 45.7 Å². The molecule has 38 heavy (non-hydrogen) atoms. The lowest BCUT2D eigenvalue weighted by molar-refractivity contribution is -0.274. The summed E-state index contributed by atoms with van der Waals surface area (Å²) < 4.78 is 56.2. The molecule has 2 aliphatic rings.